The molecule has 2 atom stereocenters. The second-order valence-corrected chi connectivity index (χ2v) is 9.03. The quantitative estimate of drug-likeness (QED) is 0.524. The number of amides is 1. The van der Waals surface area contributed by atoms with Gasteiger partial charge in [0.15, 0.2) is 0 Å². The Morgan fingerprint density at radius 1 is 1.09 bits per heavy atom. The molecule has 2 N–H and O–H groups in total. The van der Waals surface area contributed by atoms with Gasteiger partial charge < -0.3 is 19.6 Å². The SMILES string of the molecule is CCc1cccc(CC)c1NC(=O)c1c(C)oc2ccc(O)c(CN3C[C@@H](C)O[C@@H](C)C3)c12. The molecule has 0 bridgehead atoms. The Labute approximate surface area is 195 Å². The lowest BCUT2D eigenvalue weighted by Crippen LogP contribution is -2.44. The van der Waals surface area contributed by atoms with Crippen molar-refractivity contribution in [1.29, 1.82) is 0 Å². The first-order chi connectivity index (χ1) is 15.8. The van der Waals surface area contributed by atoms with E-state index in [0.29, 0.717) is 28.8 Å². The number of nitrogens with zero attached hydrogens (tertiary/aromatic N) is 1. The molecule has 0 radical (unpaired) electrons. The number of hydrogen-bond donors (Lipinski definition) is 2. The predicted octanol–water partition coefficient (Wildman–Crippen LogP) is 5.43. The van der Waals surface area contributed by atoms with Crippen LogP contribution in [-0.4, -0.2) is 41.2 Å². The minimum Gasteiger partial charge on any atom is -0.508 e. The molecule has 0 spiro atoms. The number of carbonyl (C=O) groups is 1. The molecule has 6 heteroatoms. The molecular formula is C27H34N2O4. The molecule has 1 amide bonds. The molecule has 1 aromatic heterocycles. The van der Waals surface area contributed by atoms with Crippen molar-refractivity contribution in [1.82, 2.24) is 4.90 Å². The fourth-order valence-corrected chi connectivity index (χ4v) is 5.02. The molecule has 2 heterocycles. The van der Waals surface area contributed by atoms with E-state index in [9.17, 15) is 9.90 Å². The predicted molar refractivity (Wildman–Crippen MR) is 131 cm³/mol. The maximum atomic E-state index is 13.6. The average molecular weight is 451 g/mol. The molecule has 176 valence electrons. The summed E-state index contributed by atoms with van der Waals surface area (Å²) in [6, 6.07) is 9.52. The number of benzene rings is 2. The van der Waals surface area contributed by atoms with Gasteiger partial charge >= 0.3 is 0 Å². The minimum atomic E-state index is -0.211. The lowest BCUT2D eigenvalue weighted by Gasteiger charge is -2.35. The Bertz CT molecular complexity index is 1130. The molecule has 6 nitrogen and oxygen atoms in total. The molecule has 1 aliphatic heterocycles. The zero-order chi connectivity index (χ0) is 23.7. The largest absolute Gasteiger partial charge is 0.508 e. The van der Waals surface area contributed by atoms with Crippen LogP contribution in [0.1, 0.15) is 60.5 Å². The minimum absolute atomic E-state index is 0.113. The summed E-state index contributed by atoms with van der Waals surface area (Å²) in [4.78, 5) is 15.9. The standard InChI is InChI=1S/C27H34N2O4/c1-6-19-9-8-10-20(7-2)26(19)28-27(31)24-18(5)33-23-12-11-22(30)21(25(23)24)15-29-13-16(3)32-17(4)14-29/h8-12,16-17,30H,6-7,13-15H2,1-5H3,(H,28,31)/t16-,17+. The number of furan rings is 1. The van der Waals surface area contributed by atoms with Crippen LogP contribution in [-0.2, 0) is 24.1 Å². The highest BCUT2D eigenvalue weighted by Gasteiger charge is 2.27. The highest BCUT2D eigenvalue weighted by molar-refractivity contribution is 6.14. The van der Waals surface area contributed by atoms with Crippen LogP contribution in [0, 0.1) is 6.92 Å². The van der Waals surface area contributed by atoms with Gasteiger partial charge in [-0.05, 0) is 56.9 Å². The second kappa shape index (κ2) is 9.57. The van der Waals surface area contributed by atoms with Crippen LogP contribution in [0.3, 0.4) is 0 Å². The Balaban J connectivity index is 1.75. The van der Waals surface area contributed by atoms with E-state index in [4.69, 9.17) is 9.15 Å². The highest BCUT2D eigenvalue weighted by Crippen LogP contribution is 2.36. The van der Waals surface area contributed by atoms with Gasteiger partial charge in [-0.3, -0.25) is 9.69 Å². The summed E-state index contributed by atoms with van der Waals surface area (Å²) >= 11 is 0. The number of phenolic OH excluding ortho intramolecular Hbond substituents is 1. The van der Waals surface area contributed by atoms with E-state index in [-0.39, 0.29) is 23.9 Å². The van der Waals surface area contributed by atoms with Crippen LogP contribution in [0.15, 0.2) is 34.7 Å². The van der Waals surface area contributed by atoms with Crippen molar-refractivity contribution < 1.29 is 19.1 Å². The molecule has 0 saturated carbocycles. The van der Waals surface area contributed by atoms with Crippen LogP contribution in [0.25, 0.3) is 11.0 Å². The Kier molecular flexibility index (Phi) is 6.77. The lowest BCUT2D eigenvalue weighted by atomic mass is 10.00. The summed E-state index contributed by atoms with van der Waals surface area (Å²) in [6.45, 7) is 12.1. The third-order valence-electron chi connectivity index (χ3n) is 6.46. The zero-order valence-corrected chi connectivity index (χ0v) is 20.2. The molecule has 1 saturated heterocycles. The lowest BCUT2D eigenvalue weighted by molar-refractivity contribution is -0.0705. The van der Waals surface area contributed by atoms with E-state index in [1.807, 2.05) is 18.2 Å². The molecule has 1 aliphatic rings. The normalized spacial score (nSPS) is 19.2. The monoisotopic (exact) mass is 450 g/mol. The molecule has 0 unspecified atom stereocenters. The van der Waals surface area contributed by atoms with Gasteiger partial charge in [-0.1, -0.05) is 32.0 Å². The van der Waals surface area contributed by atoms with Crippen LogP contribution in [0.2, 0.25) is 0 Å². The molecule has 2 aromatic carbocycles. The first kappa shape index (κ1) is 23.3. The number of carbonyl (C=O) groups excluding carboxylic acids is 1. The van der Waals surface area contributed by atoms with Gasteiger partial charge in [0.1, 0.15) is 17.1 Å². The number of nitrogens with one attached hydrogen (secondary N) is 1. The van der Waals surface area contributed by atoms with Crippen molar-refractivity contribution in [3.63, 3.8) is 0 Å². The first-order valence-electron chi connectivity index (χ1n) is 11.9. The van der Waals surface area contributed by atoms with Crippen molar-refractivity contribution >= 4 is 22.6 Å². The third-order valence-corrected chi connectivity index (χ3v) is 6.46. The van der Waals surface area contributed by atoms with Crippen LogP contribution in [0.4, 0.5) is 5.69 Å². The number of anilines is 1. The van der Waals surface area contributed by atoms with E-state index >= 15 is 0 Å². The van der Waals surface area contributed by atoms with Crippen LogP contribution in [0.5, 0.6) is 5.75 Å². The number of fused-ring (bicyclic) bond motifs is 1. The van der Waals surface area contributed by atoms with Gasteiger partial charge in [0.25, 0.3) is 5.91 Å². The topological polar surface area (TPSA) is 74.9 Å². The number of hydrogen-bond acceptors (Lipinski definition) is 5. The van der Waals surface area contributed by atoms with E-state index in [1.54, 1.807) is 19.1 Å². The number of ether oxygens (including phenoxy) is 1. The Morgan fingerprint density at radius 3 is 2.33 bits per heavy atom. The molecular weight excluding hydrogens is 416 g/mol. The smallest absolute Gasteiger partial charge is 0.259 e. The fourth-order valence-electron chi connectivity index (χ4n) is 5.02. The van der Waals surface area contributed by atoms with Crippen LogP contribution < -0.4 is 5.32 Å². The summed E-state index contributed by atoms with van der Waals surface area (Å²) in [5.41, 5.74) is 4.90. The first-order valence-corrected chi connectivity index (χ1v) is 11.9. The molecule has 33 heavy (non-hydrogen) atoms. The van der Waals surface area contributed by atoms with Crippen molar-refractivity contribution in [2.75, 3.05) is 18.4 Å². The van der Waals surface area contributed by atoms with E-state index < -0.39 is 0 Å². The van der Waals surface area contributed by atoms with E-state index in [0.717, 1.165) is 48.3 Å². The summed E-state index contributed by atoms with van der Waals surface area (Å²) in [5, 5.41) is 14.7. The Hall–Kier alpha value is -2.83. The van der Waals surface area contributed by atoms with Gasteiger partial charge in [-0.2, -0.15) is 0 Å². The number of aromatic hydroxyl groups is 1. The van der Waals surface area contributed by atoms with Crippen LogP contribution >= 0.6 is 0 Å². The summed E-state index contributed by atoms with van der Waals surface area (Å²) < 4.78 is 11.8. The number of phenols is 1. The molecule has 4 rings (SSSR count). The third kappa shape index (κ3) is 4.63. The van der Waals surface area contributed by atoms with Gasteiger partial charge in [0.2, 0.25) is 0 Å². The number of rotatable bonds is 6. The molecule has 3 aromatic rings. The van der Waals surface area contributed by atoms with Crippen molar-refractivity contribution in [3.8, 4) is 5.75 Å². The maximum Gasteiger partial charge on any atom is 0.259 e. The number of para-hydroxylation sites is 1. The number of aryl methyl sites for hydroxylation is 3. The zero-order valence-electron chi connectivity index (χ0n) is 20.2. The highest BCUT2D eigenvalue weighted by atomic mass is 16.5. The molecule has 1 fully saturated rings. The summed E-state index contributed by atoms with van der Waals surface area (Å²) in [7, 11) is 0. The summed E-state index contributed by atoms with van der Waals surface area (Å²) in [5.74, 6) is 0.509. The van der Waals surface area contributed by atoms with Crippen molar-refractivity contribution in [2.45, 2.75) is 66.2 Å². The average Bonchev–Trinajstić information content (AvgIpc) is 3.11. The number of morpholine rings is 1. The van der Waals surface area contributed by atoms with Gasteiger partial charge in [0, 0.05) is 36.3 Å². The van der Waals surface area contributed by atoms with Gasteiger partial charge in [-0.15, -0.1) is 0 Å². The van der Waals surface area contributed by atoms with E-state index in [1.165, 1.54) is 0 Å². The van der Waals surface area contributed by atoms with Crippen molar-refractivity contribution in [2.24, 2.45) is 0 Å². The second-order valence-electron chi connectivity index (χ2n) is 9.03. The maximum absolute atomic E-state index is 13.6. The Morgan fingerprint density at radius 2 is 1.73 bits per heavy atom. The summed E-state index contributed by atoms with van der Waals surface area (Å²) in [6.07, 6.45) is 1.88. The molecule has 0 aliphatic carbocycles. The van der Waals surface area contributed by atoms with E-state index in [2.05, 4.69) is 37.9 Å². The van der Waals surface area contributed by atoms with Crippen molar-refractivity contribution in [3.05, 3.63) is 58.3 Å². The fraction of sp³-hybridized carbons (Fsp3) is 0.444. The van der Waals surface area contributed by atoms with Gasteiger partial charge in [0.05, 0.1) is 17.8 Å². The van der Waals surface area contributed by atoms with Gasteiger partial charge in [-0.25, -0.2) is 0 Å².